The first-order valence-electron chi connectivity index (χ1n) is 8.31. The van der Waals surface area contributed by atoms with Gasteiger partial charge >= 0.3 is 0 Å². The molecule has 2 aromatic rings. The van der Waals surface area contributed by atoms with Gasteiger partial charge in [-0.3, -0.25) is 0 Å². The zero-order chi connectivity index (χ0) is 18.2. The average Bonchev–Trinajstić information content (AvgIpc) is 2.92. The van der Waals surface area contributed by atoms with E-state index in [0.717, 1.165) is 52.5 Å². The molecule has 0 radical (unpaired) electrons. The monoisotopic (exact) mass is 508 g/mol. The van der Waals surface area contributed by atoms with Crippen LogP contribution in [0.4, 0.5) is 0 Å². The molecule has 2 rings (SSSR count). The smallest absolute Gasteiger partial charge is 0.191 e. The van der Waals surface area contributed by atoms with Crippen molar-refractivity contribution in [1.29, 1.82) is 0 Å². The number of hydrogen-bond acceptors (Lipinski definition) is 4. The normalized spacial score (nSPS) is 11.0. The third-order valence-corrected chi connectivity index (χ3v) is 5.15. The fourth-order valence-electron chi connectivity index (χ4n) is 2.27. The molecule has 1 heterocycles. The Balaban J connectivity index is 0.00000338. The average molecular weight is 509 g/mol. The second-order valence-corrected chi connectivity index (χ2v) is 7.27. The van der Waals surface area contributed by atoms with E-state index in [1.54, 1.807) is 18.4 Å². The van der Waals surface area contributed by atoms with Crippen LogP contribution in [0.25, 0.3) is 0 Å². The number of rotatable bonds is 7. The summed E-state index contributed by atoms with van der Waals surface area (Å²) in [6.45, 7) is 8.30. The van der Waals surface area contributed by atoms with E-state index >= 15 is 0 Å². The number of thiazole rings is 1. The first kappa shape index (κ1) is 23.0. The number of nitrogens with zero attached hydrogens (tertiary/aromatic N) is 2. The van der Waals surface area contributed by atoms with Gasteiger partial charge < -0.3 is 15.4 Å². The third-order valence-electron chi connectivity index (χ3n) is 3.74. The van der Waals surface area contributed by atoms with Crippen LogP contribution in [0.1, 0.15) is 28.1 Å². The summed E-state index contributed by atoms with van der Waals surface area (Å²) < 4.78 is 5.17. The Morgan fingerprint density at radius 2 is 2.08 bits per heavy atom. The van der Waals surface area contributed by atoms with E-state index in [0.29, 0.717) is 6.54 Å². The van der Waals surface area contributed by atoms with Gasteiger partial charge in [-0.25, -0.2) is 9.98 Å². The number of aryl methyl sites for hydroxylation is 2. The zero-order valence-electron chi connectivity index (χ0n) is 15.6. The van der Waals surface area contributed by atoms with Gasteiger partial charge in [-0.1, -0.05) is 17.7 Å². The van der Waals surface area contributed by atoms with Crippen LogP contribution in [0.5, 0.6) is 5.75 Å². The minimum absolute atomic E-state index is 0. The summed E-state index contributed by atoms with van der Waals surface area (Å²) in [5.74, 6) is 1.56. The van der Waals surface area contributed by atoms with Gasteiger partial charge in [-0.2, -0.15) is 0 Å². The van der Waals surface area contributed by atoms with Gasteiger partial charge in [0.15, 0.2) is 5.96 Å². The van der Waals surface area contributed by atoms with Crippen molar-refractivity contribution in [2.45, 2.75) is 33.7 Å². The van der Waals surface area contributed by atoms with Gasteiger partial charge in [0.2, 0.25) is 0 Å². The van der Waals surface area contributed by atoms with E-state index in [-0.39, 0.29) is 24.0 Å². The molecule has 0 amide bonds. The Morgan fingerprint density at radius 1 is 1.31 bits per heavy atom. The molecular formula is C18H26ClIN4OS. The third kappa shape index (κ3) is 6.92. The highest BCUT2D eigenvalue weighted by Gasteiger charge is 2.05. The predicted octanol–water partition coefficient (Wildman–Crippen LogP) is 4.34. The highest BCUT2D eigenvalue weighted by molar-refractivity contribution is 14.0. The van der Waals surface area contributed by atoms with Crippen LogP contribution in [0.2, 0.25) is 5.02 Å². The standard InChI is InChI=1S/C18H25ClN4OS.HI/c1-5-20-18(22-11-17-23-12(2)13(3)25-17)21-9-8-14-6-7-15(24-4)10-16(14)19;/h6-7,10H,5,8-9,11H2,1-4H3,(H2,20,21,22);1H. The Hall–Kier alpha value is -1.06. The molecule has 0 aliphatic heterocycles. The molecule has 144 valence electrons. The molecule has 0 fully saturated rings. The molecule has 0 spiro atoms. The minimum Gasteiger partial charge on any atom is -0.497 e. The Bertz CT molecular complexity index is 716. The minimum atomic E-state index is 0. The number of ether oxygens (including phenoxy) is 1. The van der Waals surface area contributed by atoms with Gasteiger partial charge in [0, 0.05) is 23.0 Å². The van der Waals surface area contributed by atoms with Crippen molar-refractivity contribution in [2.24, 2.45) is 4.99 Å². The summed E-state index contributed by atoms with van der Waals surface area (Å²) in [5, 5.41) is 8.35. The molecule has 0 saturated carbocycles. The second-order valence-electron chi connectivity index (χ2n) is 5.58. The maximum Gasteiger partial charge on any atom is 0.191 e. The highest BCUT2D eigenvalue weighted by Crippen LogP contribution is 2.22. The zero-order valence-corrected chi connectivity index (χ0v) is 19.5. The topological polar surface area (TPSA) is 58.5 Å². The van der Waals surface area contributed by atoms with Crippen LogP contribution in [0.3, 0.4) is 0 Å². The number of guanidine groups is 1. The molecular weight excluding hydrogens is 483 g/mol. The van der Waals surface area contributed by atoms with Crippen LogP contribution >= 0.6 is 46.9 Å². The summed E-state index contributed by atoms with van der Waals surface area (Å²) in [7, 11) is 1.64. The first-order valence-corrected chi connectivity index (χ1v) is 9.50. The molecule has 2 N–H and O–H groups in total. The number of aliphatic imine (C=N–C) groups is 1. The van der Waals surface area contributed by atoms with E-state index in [9.17, 15) is 0 Å². The van der Waals surface area contributed by atoms with E-state index in [1.807, 2.05) is 25.1 Å². The molecule has 5 nitrogen and oxygen atoms in total. The van der Waals surface area contributed by atoms with Gasteiger partial charge in [-0.15, -0.1) is 35.3 Å². The summed E-state index contributed by atoms with van der Waals surface area (Å²) in [6, 6.07) is 5.75. The number of methoxy groups -OCH3 is 1. The summed E-state index contributed by atoms with van der Waals surface area (Å²) >= 11 is 7.98. The quantitative estimate of drug-likeness (QED) is 0.332. The largest absolute Gasteiger partial charge is 0.497 e. The van der Waals surface area contributed by atoms with E-state index < -0.39 is 0 Å². The van der Waals surface area contributed by atoms with Crippen molar-refractivity contribution in [3.8, 4) is 5.75 Å². The van der Waals surface area contributed by atoms with Crippen molar-refractivity contribution in [3.63, 3.8) is 0 Å². The molecule has 0 aliphatic carbocycles. The van der Waals surface area contributed by atoms with E-state index in [2.05, 4.69) is 34.5 Å². The Kier molecular flexibility index (Phi) is 10.3. The SMILES string of the molecule is CCNC(=NCc1nc(C)c(C)s1)NCCc1ccc(OC)cc1Cl.I. The van der Waals surface area contributed by atoms with Crippen LogP contribution in [0, 0.1) is 13.8 Å². The Morgan fingerprint density at radius 3 is 2.65 bits per heavy atom. The summed E-state index contributed by atoms with van der Waals surface area (Å²) in [6.07, 6.45) is 0.808. The van der Waals surface area contributed by atoms with Gasteiger partial charge in [0.05, 0.1) is 19.3 Å². The van der Waals surface area contributed by atoms with Crippen molar-refractivity contribution >= 4 is 52.9 Å². The van der Waals surface area contributed by atoms with Crippen LogP contribution in [-0.2, 0) is 13.0 Å². The van der Waals surface area contributed by atoms with Crippen molar-refractivity contribution in [1.82, 2.24) is 15.6 Å². The van der Waals surface area contributed by atoms with Gasteiger partial charge in [-0.05, 0) is 44.9 Å². The maximum atomic E-state index is 6.28. The molecule has 0 aliphatic rings. The molecule has 0 atom stereocenters. The lowest BCUT2D eigenvalue weighted by atomic mass is 10.1. The molecule has 0 bridgehead atoms. The van der Waals surface area contributed by atoms with E-state index in [1.165, 1.54) is 4.88 Å². The number of hydrogen-bond donors (Lipinski definition) is 2. The van der Waals surface area contributed by atoms with Crippen LogP contribution in [0.15, 0.2) is 23.2 Å². The van der Waals surface area contributed by atoms with Gasteiger partial charge in [0.25, 0.3) is 0 Å². The van der Waals surface area contributed by atoms with Gasteiger partial charge in [0.1, 0.15) is 10.8 Å². The number of benzene rings is 1. The fourth-order valence-corrected chi connectivity index (χ4v) is 3.39. The van der Waals surface area contributed by atoms with Crippen molar-refractivity contribution in [3.05, 3.63) is 44.4 Å². The molecule has 26 heavy (non-hydrogen) atoms. The molecule has 0 unspecified atom stereocenters. The highest BCUT2D eigenvalue weighted by atomic mass is 127. The lowest BCUT2D eigenvalue weighted by Crippen LogP contribution is -2.38. The number of halogens is 2. The number of nitrogens with one attached hydrogen (secondary N) is 2. The lowest BCUT2D eigenvalue weighted by Gasteiger charge is -2.12. The second kappa shape index (κ2) is 11.6. The molecule has 1 aromatic heterocycles. The van der Waals surface area contributed by atoms with Crippen molar-refractivity contribution < 1.29 is 4.74 Å². The molecule has 1 aromatic carbocycles. The molecule has 8 heteroatoms. The Labute approximate surface area is 181 Å². The molecule has 0 saturated heterocycles. The summed E-state index contributed by atoms with van der Waals surface area (Å²) in [5.41, 5.74) is 2.17. The predicted molar refractivity (Wildman–Crippen MR) is 122 cm³/mol. The number of aromatic nitrogens is 1. The van der Waals surface area contributed by atoms with Crippen LogP contribution < -0.4 is 15.4 Å². The maximum absolute atomic E-state index is 6.28. The van der Waals surface area contributed by atoms with Crippen molar-refractivity contribution in [2.75, 3.05) is 20.2 Å². The summed E-state index contributed by atoms with van der Waals surface area (Å²) in [4.78, 5) is 10.4. The fraction of sp³-hybridized carbons (Fsp3) is 0.444. The van der Waals surface area contributed by atoms with E-state index in [4.69, 9.17) is 16.3 Å². The first-order chi connectivity index (χ1) is 12.0. The lowest BCUT2D eigenvalue weighted by molar-refractivity contribution is 0.414. The van der Waals surface area contributed by atoms with Crippen LogP contribution in [-0.4, -0.2) is 31.1 Å².